The van der Waals surface area contributed by atoms with E-state index in [1.54, 1.807) is 13.8 Å². The Kier molecular flexibility index (Phi) is 5.82. The molecule has 128 valence electrons. The van der Waals surface area contributed by atoms with Gasteiger partial charge >= 0.3 is 0 Å². The smallest absolute Gasteiger partial charge is 0.239 e. The number of Topliss-reactive ketones (excluding diaryl/α,β-unsaturated/α-hetero) is 1. The van der Waals surface area contributed by atoms with E-state index in [4.69, 9.17) is 0 Å². The second-order valence-electron chi connectivity index (χ2n) is 7.75. The zero-order valence-electron chi connectivity index (χ0n) is 14.4. The largest absolute Gasteiger partial charge is 0.300 e. The van der Waals surface area contributed by atoms with Gasteiger partial charge < -0.3 is 0 Å². The first-order valence-electron chi connectivity index (χ1n) is 7.96. The molecular formula is C16H29NO4S. The highest BCUT2D eigenvalue weighted by atomic mass is 32.2. The maximum absolute atomic E-state index is 12.3. The van der Waals surface area contributed by atoms with E-state index in [2.05, 4.69) is 4.72 Å². The van der Waals surface area contributed by atoms with E-state index in [9.17, 15) is 18.0 Å². The fourth-order valence-electron chi connectivity index (χ4n) is 2.78. The SMILES string of the molecule is CCC(C)(C)C(=O)NS(=O)(=O)CC(C)(C)C1CCCC(=O)C1. The molecule has 0 saturated heterocycles. The maximum Gasteiger partial charge on any atom is 0.239 e. The van der Waals surface area contributed by atoms with E-state index in [0.29, 0.717) is 19.3 Å². The number of amides is 1. The number of hydrogen-bond donors (Lipinski definition) is 1. The Morgan fingerprint density at radius 1 is 1.27 bits per heavy atom. The minimum Gasteiger partial charge on any atom is -0.300 e. The van der Waals surface area contributed by atoms with Gasteiger partial charge in [0, 0.05) is 18.3 Å². The Labute approximate surface area is 134 Å². The van der Waals surface area contributed by atoms with Crippen molar-refractivity contribution in [2.24, 2.45) is 16.7 Å². The van der Waals surface area contributed by atoms with Crippen molar-refractivity contribution < 1.29 is 18.0 Å². The van der Waals surface area contributed by atoms with E-state index in [0.717, 1.165) is 12.8 Å². The van der Waals surface area contributed by atoms with Crippen LogP contribution in [-0.2, 0) is 19.6 Å². The lowest BCUT2D eigenvalue weighted by atomic mass is 9.72. The van der Waals surface area contributed by atoms with Crippen molar-refractivity contribution in [2.45, 2.75) is 66.7 Å². The molecule has 0 bridgehead atoms. The van der Waals surface area contributed by atoms with Gasteiger partial charge in [0.1, 0.15) is 5.78 Å². The van der Waals surface area contributed by atoms with Crippen molar-refractivity contribution in [1.82, 2.24) is 4.72 Å². The molecule has 1 amide bonds. The molecule has 1 rings (SSSR count). The second-order valence-corrected chi connectivity index (χ2v) is 9.47. The number of rotatable bonds is 6. The number of hydrogen-bond acceptors (Lipinski definition) is 4. The fourth-order valence-corrected chi connectivity index (χ4v) is 4.62. The number of ketones is 1. The van der Waals surface area contributed by atoms with E-state index < -0.39 is 26.8 Å². The van der Waals surface area contributed by atoms with Gasteiger partial charge in [0.2, 0.25) is 15.9 Å². The third-order valence-electron chi connectivity index (χ3n) is 4.90. The summed E-state index contributed by atoms with van der Waals surface area (Å²) in [4.78, 5) is 23.7. The molecule has 22 heavy (non-hydrogen) atoms. The molecule has 1 unspecified atom stereocenters. The quantitative estimate of drug-likeness (QED) is 0.811. The lowest BCUT2D eigenvalue weighted by Gasteiger charge is -2.36. The molecule has 1 N–H and O–H groups in total. The first-order chi connectivity index (χ1) is 9.89. The van der Waals surface area contributed by atoms with Crippen LogP contribution in [0.5, 0.6) is 0 Å². The molecule has 1 fully saturated rings. The van der Waals surface area contributed by atoms with Gasteiger partial charge in [-0.3, -0.25) is 14.3 Å². The molecule has 1 atom stereocenters. The number of carbonyl (C=O) groups is 2. The van der Waals surface area contributed by atoms with Crippen LogP contribution in [0.4, 0.5) is 0 Å². The summed E-state index contributed by atoms with van der Waals surface area (Å²) >= 11 is 0. The van der Waals surface area contributed by atoms with E-state index in [-0.39, 0.29) is 17.5 Å². The minimum absolute atomic E-state index is 0.0552. The first kappa shape index (κ1) is 19.1. The van der Waals surface area contributed by atoms with Crippen molar-refractivity contribution in [3.8, 4) is 0 Å². The molecular weight excluding hydrogens is 302 g/mol. The Morgan fingerprint density at radius 2 is 1.86 bits per heavy atom. The standard InChI is InChI=1S/C16H29NO4S/c1-6-15(2,3)14(19)17-22(20,21)11-16(4,5)12-8-7-9-13(18)10-12/h12H,6-11H2,1-5H3,(H,17,19). The van der Waals surface area contributed by atoms with Gasteiger partial charge in [-0.05, 0) is 30.6 Å². The van der Waals surface area contributed by atoms with Crippen LogP contribution in [0.25, 0.3) is 0 Å². The van der Waals surface area contributed by atoms with Crippen LogP contribution < -0.4 is 4.72 Å². The average molecular weight is 331 g/mol. The molecule has 0 spiro atoms. The van der Waals surface area contributed by atoms with Crippen molar-refractivity contribution >= 4 is 21.7 Å². The van der Waals surface area contributed by atoms with E-state index in [1.807, 2.05) is 20.8 Å². The van der Waals surface area contributed by atoms with Gasteiger partial charge in [-0.1, -0.05) is 34.6 Å². The van der Waals surface area contributed by atoms with Crippen LogP contribution in [0.3, 0.4) is 0 Å². The van der Waals surface area contributed by atoms with E-state index >= 15 is 0 Å². The van der Waals surface area contributed by atoms with Crippen LogP contribution in [0.1, 0.15) is 66.7 Å². The monoisotopic (exact) mass is 331 g/mol. The van der Waals surface area contributed by atoms with Crippen LogP contribution in [0.2, 0.25) is 0 Å². The van der Waals surface area contributed by atoms with Gasteiger partial charge in [-0.15, -0.1) is 0 Å². The lowest BCUT2D eigenvalue weighted by Crippen LogP contribution is -2.45. The molecule has 6 heteroatoms. The first-order valence-corrected chi connectivity index (χ1v) is 9.61. The molecule has 1 aliphatic rings. The summed E-state index contributed by atoms with van der Waals surface area (Å²) in [5.74, 6) is -0.341. The molecule has 0 heterocycles. The zero-order chi connectivity index (χ0) is 17.2. The molecule has 1 aliphatic carbocycles. The average Bonchev–Trinajstić information content (AvgIpc) is 2.36. The summed E-state index contributed by atoms with van der Waals surface area (Å²) in [5, 5.41) is 0. The van der Waals surface area contributed by atoms with Gasteiger partial charge in [0.05, 0.1) is 5.75 Å². The summed E-state index contributed by atoms with van der Waals surface area (Å²) in [6.07, 6.45) is 3.29. The number of nitrogens with one attached hydrogen (secondary N) is 1. The van der Waals surface area contributed by atoms with Crippen molar-refractivity contribution in [1.29, 1.82) is 0 Å². The third-order valence-corrected chi connectivity index (χ3v) is 6.52. The molecule has 5 nitrogen and oxygen atoms in total. The highest BCUT2D eigenvalue weighted by Crippen LogP contribution is 2.38. The zero-order valence-corrected chi connectivity index (χ0v) is 15.2. The number of carbonyl (C=O) groups excluding carboxylic acids is 2. The summed E-state index contributed by atoms with van der Waals surface area (Å²) in [5.41, 5.74) is -1.24. The van der Waals surface area contributed by atoms with Gasteiger partial charge in [-0.2, -0.15) is 0 Å². The predicted octanol–water partition coefficient (Wildman–Crippen LogP) is 2.65. The van der Waals surface area contributed by atoms with Crippen molar-refractivity contribution in [2.75, 3.05) is 5.75 Å². The molecule has 0 aromatic heterocycles. The molecule has 0 radical (unpaired) electrons. The van der Waals surface area contributed by atoms with Gasteiger partial charge in [-0.25, -0.2) is 8.42 Å². The minimum atomic E-state index is -3.71. The van der Waals surface area contributed by atoms with Crippen LogP contribution in [-0.4, -0.2) is 25.9 Å². The van der Waals surface area contributed by atoms with Crippen LogP contribution >= 0.6 is 0 Å². The normalized spacial score (nSPS) is 20.8. The summed E-state index contributed by atoms with van der Waals surface area (Å²) < 4.78 is 26.9. The number of sulfonamides is 1. The third kappa shape index (κ3) is 5.07. The Bertz CT molecular complexity index is 534. The topological polar surface area (TPSA) is 80.3 Å². The Hall–Kier alpha value is -0.910. The summed E-state index contributed by atoms with van der Waals surface area (Å²) in [6, 6.07) is 0. The summed E-state index contributed by atoms with van der Waals surface area (Å²) in [6.45, 7) is 9.03. The highest BCUT2D eigenvalue weighted by Gasteiger charge is 2.38. The lowest BCUT2D eigenvalue weighted by molar-refractivity contribution is -0.127. The predicted molar refractivity (Wildman–Crippen MR) is 86.7 cm³/mol. The van der Waals surface area contributed by atoms with Gasteiger partial charge in [0.25, 0.3) is 0 Å². The second kappa shape index (κ2) is 6.69. The molecule has 0 aromatic rings. The van der Waals surface area contributed by atoms with Crippen molar-refractivity contribution in [3.05, 3.63) is 0 Å². The fraction of sp³-hybridized carbons (Fsp3) is 0.875. The Balaban J connectivity index is 2.78. The van der Waals surface area contributed by atoms with Crippen molar-refractivity contribution in [3.63, 3.8) is 0 Å². The highest BCUT2D eigenvalue weighted by molar-refractivity contribution is 7.90. The molecule has 0 aromatic carbocycles. The maximum atomic E-state index is 12.3. The summed E-state index contributed by atoms with van der Waals surface area (Å²) in [7, 11) is -3.71. The van der Waals surface area contributed by atoms with Gasteiger partial charge in [0.15, 0.2) is 0 Å². The molecule has 0 aliphatic heterocycles. The molecule has 1 saturated carbocycles. The Morgan fingerprint density at radius 3 is 2.36 bits per heavy atom. The van der Waals surface area contributed by atoms with E-state index in [1.165, 1.54) is 0 Å². The van der Waals surface area contributed by atoms with Crippen LogP contribution in [0.15, 0.2) is 0 Å². The van der Waals surface area contributed by atoms with Crippen LogP contribution in [0, 0.1) is 16.7 Å².